The lowest BCUT2D eigenvalue weighted by atomic mass is 10.1. The molecular formula is C14H15BrF2N2. The van der Waals surface area contributed by atoms with Gasteiger partial charge in [0, 0.05) is 29.4 Å². The second-order valence-corrected chi connectivity index (χ2v) is 5.11. The second kappa shape index (κ2) is 5.82. The van der Waals surface area contributed by atoms with Gasteiger partial charge in [0.25, 0.3) is 0 Å². The number of nitrogens with zero attached hydrogens (tertiary/aromatic N) is 1. The molecule has 1 N–H and O–H groups in total. The summed E-state index contributed by atoms with van der Waals surface area (Å²) < 4.78 is 27.8. The van der Waals surface area contributed by atoms with E-state index in [-0.39, 0.29) is 9.99 Å². The average molecular weight is 329 g/mol. The SMILES string of the molecule is CCCNc1cc(CC)nc2c(F)cc(F)c(Br)c12. The molecule has 0 spiro atoms. The van der Waals surface area contributed by atoms with E-state index in [9.17, 15) is 8.78 Å². The van der Waals surface area contributed by atoms with Crippen molar-refractivity contribution < 1.29 is 8.78 Å². The first kappa shape index (κ1) is 14.2. The van der Waals surface area contributed by atoms with Gasteiger partial charge >= 0.3 is 0 Å². The Bertz CT molecular complexity index is 614. The number of benzene rings is 1. The lowest BCUT2D eigenvalue weighted by Gasteiger charge is -2.13. The van der Waals surface area contributed by atoms with Crippen LogP contribution >= 0.6 is 15.9 Å². The highest BCUT2D eigenvalue weighted by Gasteiger charge is 2.16. The van der Waals surface area contributed by atoms with Gasteiger partial charge in [-0.3, -0.25) is 0 Å². The number of rotatable bonds is 4. The molecule has 0 radical (unpaired) electrons. The Balaban J connectivity index is 2.75. The first-order chi connectivity index (χ1) is 9.08. The number of hydrogen-bond acceptors (Lipinski definition) is 2. The fraction of sp³-hybridized carbons (Fsp3) is 0.357. The van der Waals surface area contributed by atoms with Crippen molar-refractivity contribution >= 4 is 32.5 Å². The van der Waals surface area contributed by atoms with Gasteiger partial charge in [-0.2, -0.15) is 0 Å². The molecular weight excluding hydrogens is 314 g/mol. The van der Waals surface area contributed by atoms with Crippen LogP contribution in [0.25, 0.3) is 10.9 Å². The molecule has 2 nitrogen and oxygen atoms in total. The smallest absolute Gasteiger partial charge is 0.152 e. The summed E-state index contributed by atoms with van der Waals surface area (Å²) >= 11 is 3.18. The molecule has 0 unspecified atom stereocenters. The maximum Gasteiger partial charge on any atom is 0.152 e. The van der Waals surface area contributed by atoms with Gasteiger partial charge in [0.1, 0.15) is 11.3 Å². The van der Waals surface area contributed by atoms with Crippen molar-refractivity contribution in [1.29, 1.82) is 0 Å². The van der Waals surface area contributed by atoms with Crippen LogP contribution < -0.4 is 5.32 Å². The lowest BCUT2D eigenvalue weighted by Crippen LogP contribution is -2.04. The predicted molar refractivity (Wildman–Crippen MR) is 77.5 cm³/mol. The van der Waals surface area contributed by atoms with Crippen LogP contribution in [-0.4, -0.2) is 11.5 Å². The second-order valence-electron chi connectivity index (χ2n) is 4.32. The van der Waals surface area contributed by atoms with Gasteiger partial charge in [-0.15, -0.1) is 0 Å². The van der Waals surface area contributed by atoms with Gasteiger partial charge in [-0.25, -0.2) is 13.8 Å². The molecule has 2 aromatic rings. The topological polar surface area (TPSA) is 24.9 Å². The Hall–Kier alpha value is -1.23. The van der Waals surface area contributed by atoms with Crippen LogP contribution in [0.5, 0.6) is 0 Å². The van der Waals surface area contributed by atoms with Crippen molar-refractivity contribution in [2.75, 3.05) is 11.9 Å². The third-order valence-corrected chi connectivity index (χ3v) is 3.68. The van der Waals surface area contributed by atoms with E-state index in [1.807, 2.05) is 19.9 Å². The summed E-state index contributed by atoms with van der Waals surface area (Å²) in [5, 5.41) is 3.67. The number of hydrogen-bond donors (Lipinski definition) is 1. The monoisotopic (exact) mass is 328 g/mol. The van der Waals surface area contributed by atoms with E-state index in [4.69, 9.17) is 0 Å². The zero-order valence-electron chi connectivity index (χ0n) is 10.9. The number of fused-ring (bicyclic) bond motifs is 1. The first-order valence-corrected chi connectivity index (χ1v) is 7.08. The highest BCUT2D eigenvalue weighted by molar-refractivity contribution is 9.10. The zero-order valence-corrected chi connectivity index (χ0v) is 12.4. The van der Waals surface area contributed by atoms with Crippen molar-refractivity contribution in [3.63, 3.8) is 0 Å². The minimum Gasteiger partial charge on any atom is -0.384 e. The number of aryl methyl sites for hydroxylation is 1. The van der Waals surface area contributed by atoms with Gasteiger partial charge in [-0.05, 0) is 34.8 Å². The number of halogens is 3. The summed E-state index contributed by atoms with van der Waals surface area (Å²) in [5.74, 6) is -1.25. The predicted octanol–water partition coefficient (Wildman–Crippen LogP) is 4.66. The normalized spacial score (nSPS) is 11.0. The van der Waals surface area contributed by atoms with E-state index in [0.29, 0.717) is 17.5 Å². The van der Waals surface area contributed by atoms with Crippen molar-refractivity contribution in [2.24, 2.45) is 0 Å². The fourth-order valence-electron chi connectivity index (χ4n) is 1.94. The summed E-state index contributed by atoms with van der Waals surface area (Å²) in [6, 6.07) is 2.71. The van der Waals surface area contributed by atoms with Crippen LogP contribution in [0.15, 0.2) is 16.6 Å². The van der Waals surface area contributed by atoms with Crippen LogP contribution in [0, 0.1) is 11.6 Å². The molecule has 102 valence electrons. The third-order valence-electron chi connectivity index (χ3n) is 2.91. The molecule has 0 atom stereocenters. The summed E-state index contributed by atoms with van der Waals surface area (Å²) in [4.78, 5) is 4.25. The van der Waals surface area contributed by atoms with E-state index < -0.39 is 11.6 Å². The molecule has 5 heteroatoms. The maximum atomic E-state index is 13.9. The van der Waals surface area contributed by atoms with Crippen molar-refractivity contribution in [2.45, 2.75) is 26.7 Å². The molecule has 0 aliphatic carbocycles. The van der Waals surface area contributed by atoms with Gasteiger partial charge in [-0.1, -0.05) is 13.8 Å². The molecule has 0 saturated carbocycles. The Morgan fingerprint density at radius 1 is 1.21 bits per heavy atom. The average Bonchev–Trinajstić information content (AvgIpc) is 2.41. The molecule has 1 aromatic carbocycles. The van der Waals surface area contributed by atoms with Gasteiger partial charge < -0.3 is 5.32 Å². The third kappa shape index (κ3) is 2.71. The van der Waals surface area contributed by atoms with Crippen molar-refractivity contribution in [1.82, 2.24) is 4.98 Å². The highest BCUT2D eigenvalue weighted by Crippen LogP contribution is 2.34. The highest BCUT2D eigenvalue weighted by atomic mass is 79.9. The summed E-state index contributed by atoms with van der Waals surface area (Å²) in [5.41, 5.74) is 1.70. The molecule has 0 amide bonds. The van der Waals surface area contributed by atoms with Crippen molar-refractivity contribution in [3.8, 4) is 0 Å². The van der Waals surface area contributed by atoms with E-state index >= 15 is 0 Å². The lowest BCUT2D eigenvalue weighted by molar-refractivity contribution is 0.586. The summed E-state index contributed by atoms with van der Waals surface area (Å²) in [6.45, 7) is 4.73. The van der Waals surface area contributed by atoms with Crippen LogP contribution in [0.3, 0.4) is 0 Å². The van der Waals surface area contributed by atoms with E-state index in [0.717, 1.165) is 24.7 Å². The minimum absolute atomic E-state index is 0.200. The molecule has 0 aliphatic heterocycles. The largest absolute Gasteiger partial charge is 0.384 e. The molecule has 0 aliphatic rings. The van der Waals surface area contributed by atoms with Gasteiger partial charge in [0.2, 0.25) is 0 Å². The minimum atomic E-state index is -0.634. The van der Waals surface area contributed by atoms with E-state index in [1.165, 1.54) is 0 Å². The van der Waals surface area contributed by atoms with E-state index in [1.54, 1.807) is 0 Å². The molecule has 1 heterocycles. The molecule has 0 saturated heterocycles. The fourth-order valence-corrected chi connectivity index (χ4v) is 2.45. The standard InChI is InChI=1S/C14H15BrF2N2/c1-3-5-18-11-6-8(4-2)19-14-10(17)7-9(16)13(15)12(11)14/h6-7H,3-5H2,1-2H3,(H,18,19). The Morgan fingerprint density at radius 3 is 2.58 bits per heavy atom. The van der Waals surface area contributed by atoms with Crippen LogP contribution in [-0.2, 0) is 6.42 Å². The molecule has 1 aromatic heterocycles. The molecule has 0 fully saturated rings. The Morgan fingerprint density at radius 2 is 1.95 bits per heavy atom. The number of anilines is 1. The summed E-state index contributed by atoms with van der Waals surface area (Å²) in [7, 11) is 0. The van der Waals surface area contributed by atoms with E-state index in [2.05, 4.69) is 26.2 Å². The Kier molecular flexibility index (Phi) is 4.34. The summed E-state index contributed by atoms with van der Waals surface area (Å²) in [6.07, 6.45) is 1.63. The first-order valence-electron chi connectivity index (χ1n) is 6.29. The number of nitrogens with one attached hydrogen (secondary N) is 1. The van der Waals surface area contributed by atoms with Crippen LogP contribution in [0.2, 0.25) is 0 Å². The van der Waals surface area contributed by atoms with Crippen LogP contribution in [0.1, 0.15) is 26.0 Å². The quantitative estimate of drug-likeness (QED) is 0.825. The van der Waals surface area contributed by atoms with Gasteiger partial charge in [0.05, 0.1) is 4.47 Å². The molecule has 0 bridgehead atoms. The number of pyridine rings is 1. The molecule has 19 heavy (non-hydrogen) atoms. The zero-order chi connectivity index (χ0) is 14.0. The van der Waals surface area contributed by atoms with Crippen molar-refractivity contribution in [3.05, 3.63) is 33.9 Å². The van der Waals surface area contributed by atoms with Gasteiger partial charge in [0.15, 0.2) is 5.82 Å². The number of aromatic nitrogens is 1. The van der Waals surface area contributed by atoms with Crippen LogP contribution in [0.4, 0.5) is 14.5 Å². The molecule has 2 rings (SSSR count). The Labute approximate surface area is 119 Å². The maximum absolute atomic E-state index is 13.9.